The number of nitrogens with one attached hydrogen (secondary N) is 2. The van der Waals surface area contributed by atoms with Gasteiger partial charge < -0.3 is 24.7 Å². The van der Waals surface area contributed by atoms with Crippen molar-refractivity contribution >= 4 is 35.2 Å². The van der Waals surface area contributed by atoms with Crippen LogP contribution in [0.5, 0.6) is 0 Å². The Morgan fingerprint density at radius 2 is 1.53 bits per heavy atom. The van der Waals surface area contributed by atoms with Crippen LogP contribution in [0.4, 0.5) is 18.0 Å². The van der Waals surface area contributed by atoms with E-state index in [2.05, 4.69) is 10.3 Å². The van der Waals surface area contributed by atoms with Crippen LogP contribution < -0.4 is 5.32 Å². The van der Waals surface area contributed by atoms with Crippen molar-refractivity contribution in [2.45, 2.75) is 84.0 Å². The second-order valence-corrected chi connectivity index (χ2v) is 16.7. The number of ether oxygens (including phenoxy) is 2. The third-order valence-corrected chi connectivity index (χ3v) is 12.0. The molecule has 1 aromatic heterocycles. The number of hydrogen-bond donors (Lipinski definition) is 2. The Hall–Kier alpha value is -5.31. The van der Waals surface area contributed by atoms with Crippen LogP contribution in [0, 0.1) is 23.7 Å². The lowest BCUT2D eigenvalue weighted by Gasteiger charge is -2.43. The summed E-state index contributed by atoms with van der Waals surface area (Å²) in [7, 11) is 2.55. The van der Waals surface area contributed by atoms with Crippen molar-refractivity contribution in [3.8, 4) is 22.4 Å². The third-order valence-electron chi connectivity index (χ3n) is 12.0. The monoisotopic (exact) mass is 832 g/mol. The summed E-state index contributed by atoms with van der Waals surface area (Å²) in [5.41, 5.74) is 5.87. The highest BCUT2D eigenvalue weighted by molar-refractivity contribution is 6.02. The zero-order valence-corrected chi connectivity index (χ0v) is 35.1. The molecule has 60 heavy (non-hydrogen) atoms. The molecule has 322 valence electrons. The van der Waals surface area contributed by atoms with Crippen LogP contribution in [-0.4, -0.2) is 108 Å². The summed E-state index contributed by atoms with van der Waals surface area (Å²) in [5.74, 6) is -1.35. The molecule has 1 saturated carbocycles. The lowest BCUT2D eigenvalue weighted by Crippen LogP contribution is -2.60. The number of H-pyrrole nitrogens is 1. The molecule has 2 aromatic carbocycles. The fourth-order valence-electron chi connectivity index (χ4n) is 8.67. The summed E-state index contributed by atoms with van der Waals surface area (Å²) in [6.07, 6.45) is 1.42. The van der Waals surface area contributed by atoms with E-state index >= 15 is 0 Å². The maximum Gasteiger partial charge on any atom is 0.407 e. The summed E-state index contributed by atoms with van der Waals surface area (Å²) in [6, 6.07) is 14.6. The van der Waals surface area contributed by atoms with E-state index in [9.17, 15) is 32.3 Å². The third kappa shape index (κ3) is 10.3. The molecule has 2 fully saturated rings. The van der Waals surface area contributed by atoms with E-state index < -0.39 is 42.8 Å². The largest absolute Gasteiger partial charge is 0.469 e. The molecule has 3 aromatic rings. The SMILES string of the molecule is COC(=O)C[C@H](C(=O)N1CCN(CC(F)(F)F)C[C@H]1C1=NC(c2ccc(-c3ccc(-c4cnc([C@@H]5CCCC5C(=O)[C@@H](NC(=O)OC)C(C)C)[nH]4)cc3)cc2)=CC1)C(C)C. The summed E-state index contributed by atoms with van der Waals surface area (Å²) in [4.78, 5) is 67.7. The number of halogens is 3. The number of hydrogen-bond acceptors (Lipinski definition) is 9. The zero-order valence-electron chi connectivity index (χ0n) is 35.1. The number of alkyl carbamates (subject to hydrolysis) is 1. The number of aromatic amines is 1. The first-order valence-electron chi connectivity index (χ1n) is 20.6. The predicted octanol–water partition coefficient (Wildman–Crippen LogP) is 7.67. The first kappa shape index (κ1) is 44.2. The molecule has 0 radical (unpaired) electrons. The van der Waals surface area contributed by atoms with Gasteiger partial charge in [0.15, 0.2) is 5.78 Å². The second kappa shape index (κ2) is 18.9. The van der Waals surface area contributed by atoms with Gasteiger partial charge in [0.2, 0.25) is 5.91 Å². The number of aromatic nitrogens is 2. The molecule has 3 heterocycles. The van der Waals surface area contributed by atoms with Gasteiger partial charge in [0, 0.05) is 43.6 Å². The molecule has 0 spiro atoms. The standard InChI is InChI=1S/C45H55F3N6O6/c1-26(2)34(22-39(55)59-5)43(57)54-21-20-53(25-45(46,47)48)24-38(54)36-19-18-35(50-36)30-14-10-28(11-15-30)29-12-16-31(17-13-29)37-23-49-42(51-37)33-9-7-8-32(33)41(56)40(27(3)4)52-44(58)60-6/h10-18,23,26-27,32-34,38,40H,7-9,19-22,24-25H2,1-6H3,(H,49,51)(H,52,58)/t32?,33-,34+,38+,40+/m1/s1. The topological polar surface area (TPSA) is 146 Å². The van der Waals surface area contributed by atoms with Crippen molar-refractivity contribution in [1.82, 2.24) is 25.1 Å². The number of ketones is 1. The van der Waals surface area contributed by atoms with Gasteiger partial charge in [-0.05, 0) is 46.9 Å². The highest BCUT2D eigenvalue weighted by Gasteiger charge is 2.42. The Morgan fingerprint density at radius 3 is 2.13 bits per heavy atom. The number of carbonyl (C=O) groups excluding carboxylic acids is 4. The number of methoxy groups -OCH3 is 2. The molecule has 2 N–H and O–H groups in total. The lowest BCUT2D eigenvalue weighted by molar-refractivity contribution is -0.157. The van der Waals surface area contributed by atoms with E-state index in [1.54, 1.807) is 11.1 Å². The first-order valence-corrected chi connectivity index (χ1v) is 20.6. The van der Waals surface area contributed by atoms with E-state index in [0.29, 0.717) is 17.8 Å². The minimum Gasteiger partial charge on any atom is -0.469 e. The number of aliphatic imine (C=N–C) groups is 1. The van der Waals surface area contributed by atoms with Crippen LogP contribution in [0.3, 0.4) is 0 Å². The number of amides is 2. The smallest absolute Gasteiger partial charge is 0.407 e. The van der Waals surface area contributed by atoms with E-state index in [-0.39, 0.29) is 61.4 Å². The van der Waals surface area contributed by atoms with Gasteiger partial charge in [-0.2, -0.15) is 13.2 Å². The number of imidazole rings is 1. The Kier molecular flexibility index (Phi) is 14.0. The van der Waals surface area contributed by atoms with Crippen molar-refractivity contribution in [2.75, 3.05) is 40.4 Å². The van der Waals surface area contributed by atoms with Crippen molar-refractivity contribution in [2.24, 2.45) is 28.7 Å². The molecule has 15 heteroatoms. The van der Waals surface area contributed by atoms with Gasteiger partial charge in [-0.15, -0.1) is 0 Å². The van der Waals surface area contributed by atoms with Gasteiger partial charge in [-0.1, -0.05) is 88.7 Å². The lowest BCUT2D eigenvalue weighted by atomic mass is 9.84. The zero-order chi connectivity index (χ0) is 43.3. The van der Waals surface area contributed by atoms with E-state index in [0.717, 1.165) is 53.0 Å². The summed E-state index contributed by atoms with van der Waals surface area (Å²) < 4.78 is 50.0. The van der Waals surface area contributed by atoms with Crippen molar-refractivity contribution in [1.29, 1.82) is 0 Å². The maximum absolute atomic E-state index is 13.9. The number of piperazine rings is 1. The quantitative estimate of drug-likeness (QED) is 0.158. The second-order valence-electron chi connectivity index (χ2n) is 16.7. The molecule has 2 amide bonds. The fraction of sp³-hybridized carbons (Fsp3) is 0.511. The summed E-state index contributed by atoms with van der Waals surface area (Å²) in [6.45, 7) is 6.55. The van der Waals surface area contributed by atoms with E-state index in [1.807, 2.05) is 82.3 Å². The molecular weight excluding hydrogens is 778 g/mol. The van der Waals surface area contributed by atoms with Crippen LogP contribution in [0.2, 0.25) is 0 Å². The van der Waals surface area contributed by atoms with E-state index in [4.69, 9.17) is 19.5 Å². The van der Waals surface area contributed by atoms with Gasteiger partial charge in [0.05, 0.1) is 62.8 Å². The molecular formula is C45H55F3N6O6. The summed E-state index contributed by atoms with van der Waals surface area (Å²) >= 11 is 0. The van der Waals surface area contributed by atoms with Crippen molar-refractivity contribution < 1.29 is 41.8 Å². The molecule has 1 aliphatic carbocycles. The first-order chi connectivity index (χ1) is 28.6. The number of carbonyl (C=O) groups is 4. The minimum atomic E-state index is -4.39. The highest BCUT2D eigenvalue weighted by atomic mass is 19.4. The Bertz CT molecular complexity index is 2080. The molecule has 12 nitrogen and oxygen atoms in total. The number of rotatable bonds is 14. The Labute approximate surface area is 349 Å². The molecule has 1 saturated heterocycles. The van der Waals surface area contributed by atoms with Crippen molar-refractivity contribution in [3.05, 3.63) is 72.2 Å². The number of alkyl halides is 3. The van der Waals surface area contributed by atoms with Gasteiger partial charge >= 0.3 is 18.2 Å². The maximum atomic E-state index is 13.9. The molecule has 6 rings (SSSR count). The molecule has 3 aliphatic rings. The number of allylic oxidation sites excluding steroid dienone is 1. The average molecular weight is 833 g/mol. The Morgan fingerprint density at radius 1 is 0.883 bits per heavy atom. The van der Waals surface area contributed by atoms with Gasteiger partial charge in [-0.3, -0.25) is 24.3 Å². The Balaban J connectivity index is 1.14. The molecule has 2 aliphatic heterocycles. The predicted molar refractivity (Wildman–Crippen MR) is 222 cm³/mol. The van der Waals surface area contributed by atoms with Crippen LogP contribution >= 0.6 is 0 Å². The molecule has 5 atom stereocenters. The highest BCUT2D eigenvalue weighted by Crippen LogP contribution is 2.41. The average Bonchev–Trinajstić information content (AvgIpc) is 4.03. The normalized spacial score (nSPS) is 20.8. The summed E-state index contributed by atoms with van der Waals surface area (Å²) in [5, 5.41) is 2.72. The van der Waals surface area contributed by atoms with Crippen LogP contribution in [-0.2, 0) is 23.9 Å². The van der Waals surface area contributed by atoms with Crippen molar-refractivity contribution in [3.63, 3.8) is 0 Å². The van der Waals surface area contributed by atoms with Crippen LogP contribution in [0.15, 0.2) is 65.8 Å². The van der Waals surface area contributed by atoms with Crippen LogP contribution in [0.25, 0.3) is 28.1 Å². The number of benzene rings is 2. The number of nitrogens with zero attached hydrogens (tertiary/aromatic N) is 4. The number of esters is 1. The van der Waals surface area contributed by atoms with Gasteiger partial charge in [0.25, 0.3) is 0 Å². The minimum absolute atomic E-state index is 0.00453. The van der Waals surface area contributed by atoms with Gasteiger partial charge in [-0.25, -0.2) is 9.78 Å². The fourth-order valence-corrected chi connectivity index (χ4v) is 8.67. The molecule has 1 unspecified atom stereocenters. The number of Topliss-reactive ketones (excluding diaryl/α,β-unsaturated/α-hetero) is 1. The molecule has 0 bridgehead atoms. The van der Waals surface area contributed by atoms with Gasteiger partial charge in [0.1, 0.15) is 5.82 Å². The van der Waals surface area contributed by atoms with E-state index in [1.165, 1.54) is 19.1 Å². The van der Waals surface area contributed by atoms with Crippen LogP contribution in [0.1, 0.15) is 77.1 Å².